The second kappa shape index (κ2) is 17.7. The summed E-state index contributed by atoms with van der Waals surface area (Å²) in [6.07, 6.45) is 5.56. The van der Waals surface area contributed by atoms with Gasteiger partial charge in [-0.25, -0.2) is 18.2 Å². The van der Waals surface area contributed by atoms with Crippen LogP contribution in [0, 0.1) is 23.4 Å². The molecular weight excluding hydrogens is 565 g/mol. The maximum absolute atomic E-state index is 15.3. The molecule has 1 aromatic heterocycles. The Labute approximate surface area is 249 Å². The lowest BCUT2D eigenvalue weighted by atomic mass is 9.97. The highest BCUT2D eigenvalue weighted by Crippen LogP contribution is 2.31. The highest BCUT2D eigenvalue weighted by atomic mass is 32.2. The fourth-order valence-corrected chi connectivity index (χ4v) is 5.41. The molecule has 226 valence electrons. The zero-order valence-corrected chi connectivity index (χ0v) is 24.7. The van der Waals surface area contributed by atoms with Gasteiger partial charge >= 0.3 is 0 Å². The van der Waals surface area contributed by atoms with Crippen LogP contribution in [0.15, 0.2) is 66.2 Å². The van der Waals surface area contributed by atoms with Crippen LogP contribution >= 0.6 is 11.8 Å². The summed E-state index contributed by atoms with van der Waals surface area (Å²) in [5, 5.41) is 5.30. The molecule has 2 atom stereocenters. The van der Waals surface area contributed by atoms with E-state index in [-0.39, 0.29) is 0 Å². The lowest BCUT2D eigenvalue weighted by Crippen LogP contribution is -2.22. The number of carbonyl (C=O) groups excluding carboxylic acids is 1. The van der Waals surface area contributed by atoms with Crippen molar-refractivity contribution in [1.82, 2.24) is 10.3 Å². The summed E-state index contributed by atoms with van der Waals surface area (Å²) in [5.41, 5.74) is 2.17. The van der Waals surface area contributed by atoms with Crippen LogP contribution in [0.25, 0.3) is 11.1 Å². The van der Waals surface area contributed by atoms with Gasteiger partial charge in [-0.2, -0.15) is 0 Å². The van der Waals surface area contributed by atoms with E-state index in [0.717, 1.165) is 30.5 Å². The van der Waals surface area contributed by atoms with E-state index in [1.807, 2.05) is 31.7 Å². The lowest BCUT2D eigenvalue weighted by Gasteiger charge is -2.26. The first-order chi connectivity index (χ1) is 20.5. The average molecular weight is 603 g/mol. The Hall–Kier alpha value is -3.18. The molecule has 1 N–H and O–H groups in total. The molecule has 0 amide bonds. The molecule has 3 heterocycles. The van der Waals surface area contributed by atoms with Crippen molar-refractivity contribution in [1.29, 1.82) is 0 Å². The number of likely N-dealkylation sites (N-methyl/N-ethyl adjacent to an activating group) is 1. The molecule has 0 bridgehead atoms. The van der Waals surface area contributed by atoms with E-state index in [1.165, 1.54) is 17.9 Å². The van der Waals surface area contributed by atoms with Crippen molar-refractivity contribution in [2.75, 3.05) is 39.7 Å². The highest BCUT2D eigenvalue weighted by molar-refractivity contribution is 8.02. The predicted molar refractivity (Wildman–Crippen MR) is 160 cm³/mol. The van der Waals surface area contributed by atoms with Gasteiger partial charge in [0.15, 0.2) is 11.6 Å². The molecule has 10 heteroatoms. The van der Waals surface area contributed by atoms with E-state index in [1.54, 1.807) is 31.5 Å². The number of methoxy groups -OCH3 is 1. The molecule has 0 saturated carbocycles. The summed E-state index contributed by atoms with van der Waals surface area (Å²) in [6, 6.07) is 12.5. The Morgan fingerprint density at radius 2 is 1.74 bits per heavy atom. The first kappa shape index (κ1) is 33.3. The van der Waals surface area contributed by atoms with Gasteiger partial charge in [-0.05, 0) is 72.2 Å². The number of ether oxygens (including phenoxy) is 3. The zero-order chi connectivity index (χ0) is 30.3. The van der Waals surface area contributed by atoms with E-state index in [4.69, 9.17) is 19.0 Å². The molecule has 2 aliphatic heterocycles. The average Bonchev–Trinajstić information content (AvgIpc) is 3.57. The number of halogens is 3. The second-order valence-electron chi connectivity index (χ2n) is 9.71. The third kappa shape index (κ3) is 9.97. The van der Waals surface area contributed by atoms with Crippen molar-refractivity contribution in [3.05, 3.63) is 94.8 Å². The Morgan fingerprint density at radius 1 is 1.02 bits per heavy atom. The van der Waals surface area contributed by atoms with Gasteiger partial charge in [-0.3, -0.25) is 0 Å². The highest BCUT2D eigenvalue weighted by Gasteiger charge is 2.22. The summed E-state index contributed by atoms with van der Waals surface area (Å²) in [7, 11) is 3.53. The molecule has 0 aliphatic carbocycles. The number of hydrogen-bond donors (Lipinski definition) is 1. The molecule has 0 radical (unpaired) electrons. The lowest BCUT2D eigenvalue weighted by molar-refractivity contribution is -0.0980. The van der Waals surface area contributed by atoms with Crippen LogP contribution < -0.4 is 10.1 Å². The Morgan fingerprint density at radius 3 is 2.33 bits per heavy atom. The molecule has 1 saturated heterocycles. The van der Waals surface area contributed by atoms with E-state index >= 15 is 4.39 Å². The van der Waals surface area contributed by atoms with E-state index in [9.17, 15) is 8.78 Å². The molecule has 6 nitrogen and oxygen atoms in total. The van der Waals surface area contributed by atoms with Crippen molar-refractivity contribution in [3.8, 4) is 17.0 Å². The smallest absolute Gasteiger partial charge is 0.213 e. The van der Waals surface area contributed by atoms with E-state index in [0.29, 0.717) is 60.8 Å². The molecule has 5 rings (SSSR count). The standard InChI is InChI=1S/C26H26F3NO3.C5H9NS.CH2O/c1-31-26-13-18(6-9-30-26)12-25(33-16-17-7-10-32-11-8-17)21-4-2-19(14-23(21)28)20-3-5-22(27)24(29)15-20;1-6-5-2-3-7-4-5;1-2/h2-6,9,13-15,17,25H,7-8,10-12,16H2,1H3;2-3,5-6H,4H2,1H3;1H2. The first-order valence-corrected chi connectivity index (χ1v) is 14.7. The van der Waals surface area contributed by atoms with Crippen molar-refractivity contribution < 1.29 is 32.2 Å². The molecule has 1 fully saturated rings. The maximum Gasteiger partial charge on any atom is 0.213 e. The van der Waals surface area contributed by atoms with Gasteiger partial charge in [0.1, 0.15) is 12.6 Å². The Bertz CT molecular complexity index is 1290. The number of benzene rings is 2. The monoisotopic (exact) mass is 602 g/mol. The number of pyridine rings is 1. The quantitative estimate of drug-likeness (QED) is 0.298. The van der Waals surface area contributed by atoms with Crippen molar-refractivity contribution in [3.63, 3.8) is 0 Å². The predicted octanol–water partition coefficient (Wildman–Crippen LogP) is 6.55. The molecule has 2 unspecified atom stereocenters. The van der Waals surface area contributed by atoms with E-state index in [2.05, 4.69) is 21.8 Å². The van der Waals surface area contributed by atoms with E-state index < -0.39 is 23.6 Å². The second-order valence-corrected chi connectivity index (χ2v) is 10.6. The van der Waals surface area contributed by atoms with Gasteiger partial charge in [0.25, 0.3) is 0 Å². The number of nitrogens with zero attached hydrogens (tertiary/aromatic N) is 1. The largest absolute Gasteiger partial charge is 0.481 e. The third-order valence-corrected chi connectivity index (χ3v) is 7.86. The number of thioether (sulfide) groups is 1. The van der Waals surface area contributed by atoms with Gasteiger partial charge in [0, 0.05) is 49.3 Å². The first-order valence-electron chi connectivity index (χ1n) is 13.6. The molecular formula is C32H37F3N2O4S. The summed E-state index contributed by atoms with van der Waals surface area (Å²) < 4.78 is 59.1. The fourth-order valence-electron chi connectivity index (χ4n) is 4.52. The van der Waals surface area contributed by atoms with Gasteiger partial charge in [0.05, 0.1) is 19.8 Å². The van der Waals surface area contributed by atoms with Crippen molar-refractivity contribution in [2.24, 2.45) is 5.92 Å². The molecule has 2 aliphatic rings. The van der Waals surface area contributed by atoms with Crippen LogP contribution in [0.4, 0.5) is 13.2 Å². The molecule has 3 aromatic rings. The molecule has 42 heavy (non-hydrogen) atoms. The summed E-state index contributed by atoms with van der Waals surface area (Å²) in [5.74, 6) is -0.333. The number of carbonyl (C=O) groups is 1. The van der Waals surface area contributed by atoms with Crippen LogP contribution in [-0.4, -0.2) is 57.5 Å². The number of hydrogen-bond acceptors (Lipinski definition) is 7. The van der Waals surface area contributed by atoms with Gasteiger partial charge in [-0.1, -0.05) is 24.3 Å². The Kier molecular flexibility index (Phi) is 14.0. The summed E-state index contributed by atoms with van der Waals surface area (Å²) in [4.78, 5) is 12.1. The maximum atomic E-state index is 15.3. The van der Waals surface area contributed by atoms with Gasteiger partial charge < -0.3 is 24.3 Å². The van der Waals surface area contributed by atoms with Crippen LogP contribution in [-0.2, 0) is 20.7 Å². The van der Waals surface area contributed by atoms with Crippen LogP contribution in [0.1, 0.15) is 30.1 Å². The van der Waals surface area contributed by atoms with Crippen LogP contribution in [0.5, 0.6) is 5.88 Å². The number of rotatable bonds is 9. The minimum Gasteiger partial charge on any atom is -0.481 e. The fraction of sp³-hybridized carbons (Fsp3) is 0.375. The number of nitrogens with one attached hydrogen (secondary N) is 1. The normalized spacial score (nSPS) is 17.0. The van der Waals surface area contributed by atoms with Crippen LogP contribution in [0.2, 0.25) is 0 Å². The number of aromatic nitrogens is 1. The van der Waals surface area contributed by atoms with Crippen LogP contribution in [0.3, 0.4) is 0 Å². The molecule has 2 aromatic carbocycles. The molecule has 0 spiro atoms. The van der Waals surface area contributed by atoms with Gasteiger partial charge in [-0.15, -0.1) is 11.8 Å². The summed E-state index contributed by atoms with van der Waals surface area (Å²) >= 11 is 1.86. The van der Waals surface area contributed by atoms with Gasteiger partial charge in [0.2, 0.25) is 5.88 Å². The summed E-state index contributed by atoms with van der Waals surface area (Å²) in [6.45, 7) is 3.91. The minimum absolute atomic E-state index is 0.359. The minimum atomic E-state index is -0.971. The zero-order valence-electron chi connectivity index (χ0n) is 23.9. The SMILES string of the molecule is C=O.CNC1C=CSC1.COc1cc(CC(OCC2CCOCC2)c2ccc(-c3ccc(F)c(F)c3)cc2F)ccn1. The third-order valence-electron chi connectivity index (χ3n) is 6.96. The van der Waals surface area contributed by atoms with Crippen molar-refractivity contribution >= 4 is 18.6 Å². The topological polar surface area (TPSA) is 69.7 Å². The Balaban J connectivity index is 0.000000465. The van der Waals surface area contributed by atoms with Crippen molar-refractivity contribution in [2.45, 2.75) is 31.4 Å².